The summed E-state index contributed by atoms with van der Waals surface area (Å²) in [4.78, 5) is 4.18. The first kappa shape index (κ1) is 16.6. The van der Waals surface area contributed by atoms with Gasteiger partial charge in [-0.3, -0.25) is 0 Å². The standard InChI is InChI=1S/C19H19BF2N2/c1-13-3-5-16(6-4-13)24-9-7-23(8-10-24)14(2)19-17(21)11-15(20)12-18(19)22/h3-6,11-12H,2,7-10H2,1H3. The number of rotatable bonds is 3. The molecule has 1 saturated heterocycles. The summed E-state index contributed by atoms with van der Waals surface area (Å²) in [5, 5.41) is 0. The SMILES string of the molecule is [B]c1cc(F)c(C(=C)N2CCN(c3ccc(C)cc3)CC2)c(F)c1. The predicted molar refractivity (Wildman–Crippen MR) is 95.7 cm³/mol. The van der Waals surface area contributed by atoms with Gasteiger partial charge < -0.3 is 9.80 Å². The average Bonchev–Trinajstić information content (AvgIpc) is 2.54. The van der Waals surface area contributed by atoms with Gasteiger partial charge in [-0.1, -0.05) is 29.7 Å². The van der Waals surface area contributed by atoms with Crippen LogP contribution < -0.4 is 10.4 Å². The molecular formula is C19H19BF2N2. The van der Waals surface area contributed by atoms with E-state index in [9.17, 15) is 8.78 Å². The summed E-state index contributed by atoms with van der Waals surface area (Å²) >= 11 is 0. The van der Waals surface area contributed by atoms with Crippen molar-refractivity contribution in [3.63, 3.8) is 0 Å². The molecule has 0 saturated carbocycles. The van der Waals surface area contributed by atoms with Gasteiger partial charge in [-0.25, -0.2) is 8.78 Å². The van der Waals surface area contributed by atoms with Crippen LogP contribution in [0.15, 0.2) is 43.0 Å². The molecule has 0 N–H and O–H groups in total. The Morgan fingerprint density at radius 2 is 1.54 bits per heavy atom. The number of hydrogen-bond donors (Lipinski definition) is 0. The summed E-state index contributed by atoms with van der Waals surface area (Å²) in [5.41, 5.74) is 2.74. The van der Waals surface area contributed by atoms with Crippen molar-refractivity contribution in [3.05, 3.63) is 65.7 Å². The van der Waals surface area contributed by atoms with E-state index in [2.05, 4.69) is 42.7 Å². The summed E-state index contributed by atoms with van der Waals surface area (Å²) in [6.45, 7) is 8.83. The topological polar surface area (TPSA) is 6.48 Å². The monoisotopic (exact) mass is 324 g/mol. The molecule has 5 heteroatoms. The molecular weight excluding hydrogens is 305 g/mol. The Morgan fingerprint density at radius 3 is 2.08 bits per heavy atom. The first-order valence-corrected chi connectivity index (χ1v) is 7.96. The summed E-state index contributed by atoms with van der Waals surface area (Å²) in [5.74, 6) is -1.34. The van der Waals surface area contributed by atoms with E-state index in [0.29, 0.717) is 18.8 Å². The Morgan fingerprint density at radius 1 is 1.00 bits per heavy atom. The number of piperazine rings is 1. The van der Waals surface area contributed by atoms with Crippen LogP contribution in [0.3, 0.4) is 0 Å². The van der Waals surface area contributed by atoms with Crippen molar-refractivity contribution in [3.8, 4) is 0 Å². The van der Waals surface area contributed by atoms with E-state index in [1.54, 1.807) is 0 Å². The zero-order valence-corrected chi connectivity index (χ0v) is 13.7. The van der Waals surface area contributed by atoms with E-state index in [1.807, 2.05) is 4.90 Å². The van der Waals surface area contributed by atoms with Crippen LogP contribution in [0.5, 0.6) is 0 Å². The lowest BCUT2D eigenvalue weighted by molar-refractivity contribution is 0.364. The first-order chi connectivity index (χ1) is 11.5. The number of nitrogens with zero attached hydrogens (tertiary/aromatic N) is 2. The molecule has 2 radical (unpaired) electrons. The van der Waals surface area contributed by atoms with E-state index in [1.165, 1.54) is 5.56 Å². The highest BCUT2D eigenvalue weighted by Crippen LogP contribution is 2.25. The van der Waals surface area contributed by atoms with Crippen LogP contribution in [-0.4, -0.2) is 38.9 Å². The Kier molecular flexibility index (Phi) is 4.61. The van der Waals surface area contributed by atoms with Crippen molar-refractivity contribution in [1.29, 1.82) is 0 Å². The molecule has 1 aliphatic heterocycles. The van der Waals surface area contributed by atoms with Gasteiger partial charge in [-0.15, -0.1) is 0 Å². The lowest BCUT2D eigenvalue weighted by Gasteiger charge is -2.38. The summed E-state index contributed by atoms with van der Waals surface area (Å²) in [6.07, 6.45) is 0. The summed E-state index contributed by atoms with van der Waals surface area (Å²) < 4.78 is 28.2. The van der Waals surface area contributed by atoms with Crippen LogP contribution in [0, 0.1) is 18.6 Å². The maximum Gasteiger partial charge on any atom is 0.134 e. The van der Waals surface area contributed by atoms with Gasteiger partial charge in [0.05, 0.1) is 5.56 Å². The highest BCUT2D eigenvalue weighted by molar-refractivity contribution is 6.32. The van der Waals surface area contributed by atoms with Crippen molar-refractivity contribution in [2.24, 2.45) is 0 Å². The van der Waals surface area contributed by atoms with Crippen LogP contribution >= 0.6 is 0 Å². The van der Waals surface area contributed by atoms with Gasteiger partial charge in [0.2, 0.25) is 0 Å². The lowest BCUT2D eigenvalue weighted by atomic mass is 9.93. The van der Waals surface area contributed by atoms with Crippen LogP contribution in [0.1, 0.15) is 11.1 Å². The molecule has 24 heavy (non-hydrogen) atoms. The van der Waals surface area contributed by atoms with Gasteiger partial charge in [-0.2, -0.15) is 0 Å². The molecule has 3 rings (SSSR count). The van der Waals surface area contributed by atoms with Gasteiger partial charge in [0.15, 0.2) is 0 Å². The maximum absolute atomic E-state index is 14.1. The third-order valence-electron chi connectivity index (χ3n) is 4.41. The smallest absolute Gasteiger partial charge is 0.134 e. The fraction of sp³-hybridized carbons (Fsp3) is 0.263. The summed E-state index contributed by atoms with van der Waals surface area (Å²) in [6, 6.07) is 10.6. The van der Waals surface area contributed by atoms with E-state index in [4.69, 9.17) is 7.85 Å². The minimum atomic E-state index is -0.668. The fourth-order valence-corrected chi connectivity index (χ4v) is 3.02. The number of anilines is 1. The molecule has 2 aromatic carbocycles. The Balaban J connectivity index is 1.70. The van der Waals surface area contributed by atoms with E-state index >= 15 is 0 Å². The van der Waals surface area contributed by atoms with Gasteiger partial charge in [-0.05, 0) is 31.2 Å². The van der Waals surface area contributed by atoms with Crippen LogP contribution in [0.2, 0.25) is 0 Å². The second-order valence-corrected chi connectivity index (χ2v) is 6.12. The normalized spacial score (nSPS) is 14.8. The summed E-state index contributed by atoms with van der Waals surface area (Å²) in [7, 11) is 5.47. The molecule has 0 amide bonds. The fourth-order valence-electron chi connectivity index (χ4n) is 3.02. The molecule has 0 atom stereocenters. The second kappa shape index (κ2) is 6.67. The quantitative estimate of drug-likeness (QED) is 0.801. The van der Waals surface area contributed by atoms with Gasteiger partial charge in [0, 0.05) is 37.6 Å². The maximum atomic E-state index is 14.1. The van der Waals surface area contributed by atoms with Crippen LogP contribution in [0.4, 0.5) is 14.5 Å². The van der Waals surface area contributed by atoms with Crippen molar-refractivity contribution < 1.29 is 8.78 Å². The number of benzene rings is 2. The zero-order valence-electron chi connectivity index (χ0n) is 13.7. The first-order valence-electron chi connectivity index (χ1n) is 7.96. The van der Waals surface area contributed by atoms with E-state index < -0.39 is 11.6 Å². The van der Waals surface area contributed by atoms with Crippen LogP contribution in [-0.2, 0) is 0 Å². The molecule has 0 bridgehead atoms. The molecule has 1 aliphatic rings. The average molecular weight is 324 g/mol. The molecule has 122 valence electrons. The molecule has 0 unspecified atom stereocenters. The van der Waals surface area contributed by atoms with E-state index in [0.717, 1.165) is 30.9 Å². The molecule has 2 nitrogen and oxygen atoms in total. The van der Waals surface area contributed by atoms with Gasteiger partial charge in [0.25, 0.3) is 0 Å². The molecule has 0 aliphatic carbocycles. The van der Waals surface area contributed by atoms with Crippen LogP contribution in [0.25, 0.3) is 5.70 Å². The Hall–Kier alpha value is -2.30. The number of halogens is 2. The zero-order chi connectivity index (χ0) is 17.3. The van der Waals surface area contributed by atoms with Gasteiger partial charge in [0.1, 0.15) is 19.5 Å². The predicted octanol–water partition coefficient (Wildman–Crippen LogP) is 2.86. The number of hydrogen-bond acceptors (Lipinski definition) is 2. The molecule has 1 heterocycles. The molecule has 0 spiro atoms. The minimum Gasteiger partial charge on any atom is -0.368 e. The Labute approximate surface area is 142 Å². The minimum absolute atomic E-state index is 0.0748. The van der Waals surface area contributed by atoms with Crippen molar-refractivity contribution in [2.75, 3.05) is 31.1 Å². The second-order valence-electron chi connectivity index (χ2n) is 6.12. The van der Waals surface area contributed by atoms with Crippen molar-refractivity contribution in [2.45, 2.75) is 6.92 Å². The third-order valence-corrected chi connectivity index (χ3v) is 4.41. The molecule has 2 aromatic rings. The number of aryl methyl sites for hydroxylation is 1. The largest absolute Gasteiger partial charge is 0.368 e. The molecule has 1 fully saturated rings. The van der Waals surface area contributed by atoms with Gasteiger partial charge >= 0.3 is 0 Å². The lowest BCUT2D eigenvalue weighted by Crippen LogP contribution is -2.45. The Bertz CT molecular complexity index is 727. The van der Waals surface area contributed by atoms with Crippen molar-refractivity contribution in [1.82, 2.24) is 4.90 Å². The highest BCUT2D eigenvalue weighted by atomic mass is 19.1. The highest BCUT2D eigenvalue weighted by Gasteiger charge is 2.22. The van der Waals surface area contributed by atoms with E-state index in [-0.39, 0.29) is 11.0 Å². The molecule has 0 aromatic heterocycles. The van der Waals surface area contributed by atoms with Crippen molar-refractivity contribution >= 4 is 24.7 Å². The third kappa shape index (κ3) is 3.30.